The largest absolute Gasteiger partial charge is 0.373 e. The summed E-state index contributed by atoms with van der Waals surface area (Å²) >= 11 is 0. The van der Waals surface area contributed by atoms with Gasteiger partial charge in [0, 0.05) is 30.7 Å². The molecule has 0 spiro atoms. The van der Waals surface area contributed by atoms with E-state index < -0.39 is 11.6 Å². The van der Waals surface area contributed by atoms with Gasteiger partial charge in [0.2, 0.25) is 0 Å². The minimum Gasteiger partial charge on any atom is -0.373 e. The molecule has 0 fully saturated rings. The number of halogens is 2. The van der Waals surface area contributed by atoms with Gasteiger partial charge in [-0.1, -0.05) is 6.92 Å². The zero-order valence-corrected chi connectivity index (χ0v) is 11.1. The van der Waals surface area contributed by atoms with Gasteiger partial charge >= 0.3 is 0 Å². The van der Waals surface area contributed by atoms with Gasteiger partial charge in [0.15, 0.2) is 0 Å². The molecule has 3 nitrogen and oxygen atoms in total. The second kappa shape index (κ2) is 5.30. The monoisotopic (exact) mass is 263 g/mol. The molecule has 0 aliphatic carbocycles. The molecule has 0 atom stereocenters. The third-order valence-corrected chi connectivity index (χ3v) is 2.93. The number of aryl methyl sites for hydroxylation is 1. The zero-order chi connectivity index (χ0) is 14.0. The van der Waals surface area contributed by atoms with Crippen LogP contribution in [0.2, 0.25) is 0 Å². The number of nitrogens with zero attached hydrogens (tertiary/aromatic N) is 2. The summed E-state index contributed by atoms with van der Waals surface area (Å²) in [5, 5.41) is 2.96. The van der Waals surface area contributed by atoms with E-state index in [9.17, 15) is 8.78 Å². The second-order valence-corrected chi connectivity index (χ2v) is 4.19. The first-order valence-electron chi connectivity index (χ1n) is 6.07. The van der Waals surface area contributed by atoms with E-state index in [1.807, 2.05) is 13.8 Å². The van der Waals surface area contributed by atoms with Crippen molar-refractivity contribution < 1.29 is 8.78 Å². The Kier molecular flexibility index (Phi) is 3.74. The van der Waals surface area contributed by atoms with E-state index in [2.05, 4.69) is 15.3 Å². The SMILES string of the molecule is CCc1nc(NC)c(C)c(-c2ccc(F)cc2F)n1. The van der Waals surface area contributed by atoms with Crippen molar-refractivity contribution in [2.45, 2.75) is 20.3 Å². The van der Waals surface area contributed by atoms with Crippen LogP contribution in [0.3, 0.4) is 0 Å². The Hall–Kier alpha value is -2.04. The number of hydrogen-bond donors (Lipinski definition) is 1. The lowest BCUT2D eigenvalue weighted by Crippen LogP contribution is -2.05. The highest BCUT2D eigenvalue weighted by molar-refractivity contribution is 5.68. The van der Waals surface area contributed by atoms with Crippen molar-refractivity contribution in [1.29, 1.82) is 0 Å². The second-order valence-electron chi connectivity index (χ2n) is 4.19. The van der Waals surface area contributed by atoms with Gasteiger partial charge in [0.1, 0.15) is 23.3 Å². The highest BCUT2D eigenvalue weighted by Gasteiger charge is 2.15. The molecule has 0 saturated carbocycles. The molecule has 1 heterocycles. The number of rotatable bonds is 3. The summed E-state index contributed by atoms with van der Waals surface area (Å²) < 4.78 is 26.8. The van der Waals surface area contributed by atoms with E-state index >= 15 is 0 Å². The standard InChI is InChI=1S/C14H15F2N3/c1-4-12-18-13(8(2)14(17-3)19-12)10-6-5-9(15)7-11(10)16/h5-7H,4H2,1-3H3,(H,17,18,19). The number of nitrogens with one attached hydrogen (secondary N) is 1. The minimum absolute atomic E-state index is 0.285. The average molecular weight is 263 g/mol. The first-order valence-corrected chi connectivity index (χ1v) is 6.07. The molecule has 0 amide bonds. The maximum atomic E-state index is 13.9. The Balaban J connectivity index is 2.66. The molecular weight excluding hydrogens is 248 g/mol. The molecule has 100 valence electrons. The molecule has 0 aliphatic heterocycles. The first kappa shape index (κ1) is 13.4. The fourth-order valence-electron chi connectivity index (χ4n) is 1.91. The van der Waals surface area contributed by atoms with Crippen LogP contribution in [0.15, 0.2) is 18.2 Å². The zero-order valence-electron chi connectivity index (χ0n) is 11.1. The smallest absolute Gasteiger partial charge is 0.135 e. The molecular formula is C14H15F2N3. The predicted octanol–water partition coefficient (Wildman–Crippen LogP) is 3.33. The summed E-state index contributed by atoms with van der Waals surface area (Å²) in [5.41, 5.74) is 1.52. The van der Waals surface area contributed by atoms with E-state index in [0.717, 1.165) is 11.6 Å². The van der Waals surface area contributed by atoms with Crippen LogP contribution in [0.25, 0.3) is 11.3 Å². The highest BCUT2D eigenvalue weighted by Crippen LogP contribution is 2.28. The molecule has 0 aliphatic rings. The fourth-order valence-corrected chi connectivity index (χ4v) is 1.91. The first-order chi connectivity index (χ1) is 9.06. The van der Waals surface area contributed by atoms with Crippen LogP contribution in [-0.2, 0) is 6.42 Å². The lowest BCUT2D eigenvalue weighted by Gasteiger charge is -2.12. The average Bonchev–Trinajstić information content (AvgIpc) is 2.40. The van der Waals surface area contributed by atoms with Crippen molar-refractivity contribution in [3.05, 3.63) is 41.2 Å². The highest BCUT2D eigenvalue weighted by atomic mass is 19.1. The molecule has 0 bridgehead atoms. The lowest BCUT2D eigenvalue weighted by atomic mass is 10.1. The normalized spacial score (nSPS) is 10.6. The van der Waals surface area contributed by atoms with E-state index in [-0.39, 0.29) is 5.56 Å². The number of hydrogen-bond acceptors (Lipinski definition) is 3. The topological polar surface area (TPSA) is 37.8 Å². The van der Waals surface area contributed by atoms with Crippen LogP contribution in [-0.4, -0.2) is 17.0 Å². The Morgan fingerprint density at radius 2 is 1.95 bits per heavy atom. The van der Waals surface area contributed by atoms with E-state index in [1.165, 1.54) is 12.1 Å². The molecule has 19 heavy (non-hydrogen) atoms. The summed E-state index contributed by atoms with van der Waals surface area (Å²) in [7, 11) is 1.75. The number of aromatic nitrogens is 2. The van der Waals surface area contributed by atoms with Gasteiger partial charge in [-0.3, -0.25) is 0 Å². The van der Waals surface area contributed by atoms with Crippen molar-refractivity contribution in [2.24, 2.45) is 0 Å². The molecule has 1 aromatic carbocycles. The molecule has 1 aromatic heterocycles. The molecule has 5 heteroatoms. The minimum atomic E-state index is -0.620. The van der Waals surface area contributed by atoms with Crippen LogP contribution in [0.4, 0.5) is 14.6 Å². The molecule has 2 rings (SSSR count). The summed E-state index contributed by atoms with van der Waals surface area (Å²) in [4.78, 5) is 8.67. The summed E-state index contributed by atoms with van der Waals surface area (Å²) in [5.74, 6) is 0.0580. The van der Waals surface area contributed by atoms with Crippen molar-refractivity contribution in [1.82, 2.24) is 9.97 Å². The van der Waals surface area contributed by atoms with Gasteiger partial charge in [-0.2, -0.15) is 0 Å². The Morgan fingerprint density at radius 3 is 2.53 bits per heavy atom. The summed E-state index contributed by atoms with van der Waals surface area (Å²) in [6.07, 6.45) is 0.644. The molecule has 1 N–H and O–H groups in total. The molecule has 0 saturated heterocycles. The third-order valence-electron chi connectivity index (χ3n) is 2.93. The van der Waals surface area contributed by atoms with Crippen LogP contribution in [0.1, 0.15) is 18.3 Å². The van der Waals surface area contributed by atoms with Crippen LogP contribution < -0.4 is 5.32 Å². The quantitative estimate of drug-likeness (QED) is 0.923. The molecule has 0 unspecified atom stereocenters. The van der Waals surface area contributed by atoms with Gasteiger partial charge < -0.3 is 5.32 Å². The van der Waals surface area contributed by atoms with E-state index in [1.54, 1.807) is 7.05 Å². The van der Waals surface area contributed by atoms with Gasteiger partial charge in [-0.05, 0) is 19.1 Å². The predicted molar refractivity (Wildman–Crippen MR) is 71.0 cm³/mol. The Bertz CT molecular complexity index is 612. The third kappa shape index (κ3) is 2.54. The number of anilines is 1. The summed E-state index contributed by atoms with van der Waals surface area (Å²) in [6.45, 7) is 3.73. The Labute approximate surface area is 110 Å². The van der Waals surface area contributed by atoms with Gasteiger partial charge in [0.05, 0.1) is 5.69 Å². The summed E-state index contributed by atoms with van der Waals surface area (Å²) in [6, 6.07) is 3.49. The van der Waals surface area contributed by atoms with Gasteiger partial charge in [-0.15, -0.1) is 0 Å². The number of benzene rings is 1. The van der Waals surface area contributed by atoms with E-state index in [0.29, 0.717) is 23.8 Å². The van der Waals surface area contributed by atoms with Crippen molar-refractivity contribution in [3.8, 4) is 11.3 Å². The van der Waals surface area contributed by atoms with Crippen LogP contribution in [0, 0.1) is 18.6 Å². The van der Waals surface area contributed by atoms with Crippen LogP contribution in [0.5, 0.6) is 0 Å². The van der Waals surface area contributed by atoms with Crippen LogP contribution >= 0.6 is 0 Å². The maximum absolute atomic E-state index is 13.9. The molecule has 0 radical (unpaired) electrons. The van der Waals surface area contributed by atoms with Crippen molar-refractivity contribution in [3.63, 3.8) is 0 Å². The van der Waals surface area contributed by atoms with E-state index in [4.69, 9.17) is 0 Å². The van der Waals surface area contributed by atoms with Gasteiger partial charge in [-0.25, -0.2) is 18.7 Å². The van der Waals surface area contributed by atoms with Crippen molar-refractivity contribution in [2.75, 3.05) is 12.4 Å². The van der Waals surface area contributed by atoms with Crippen molar-refractivity contribution >= 4 is 5.82 Å². The fraction of sp³-hybridized carbons (Fsp3) is 0.286. The lowest BCUT2D eigenvalue weighted by molar-refractivity contribution is 0.585. The Morgan fingerprint density at radius 1 is 1.21 bits per heavy atom. The van der Waals surface area contributed by atoms with Gasteiger partial charge in [0.25, 0.3) is 0 Å². The maximum Gasteiger partial charge on any atom is 0.135 e. The molecule has 2 aromatic rings.